The molecule has 5 nitrogen and oxygen atoms in total. The van der Waals surface area contributed by atoms with Crippen molar-refractivity contribution in [2.45, 2.75) is 39.2 Å². The Balaban J connectivity index is 2.71. The van der Waals surface area contributed by atoms with E-state index in [9.17, 15) is 0 Å². The van der Waals surface area contributed by atoms with Crippen LogP contribution in [-0.4, -0.2) is 9.78 Å². The molecule has 0 aliphatic carbocycles. The van der Waals surface area contributed by atoms with Crippen molar-refractivity contribution in [3.05, 3.63) is 11.8 Å². The Morgan fingerprint density at radius 3 is 2.69 bits per heavy atom. The number of nitrogen functional groups attached to an aromatic ring is 1. The maximum Gasteiger partial charge on any atom is 0.126 e. The number of nitrogens with one attached hydrogen (secondary N) is 1. The molecule has 0 aliphatic heterocycles. The van der Waals surface area contributed by atoms with E-state index in [2.05, 4.69) is 24.4 Å². The van der Waals surface area contributed by atoms with Crippen LogP contribution in [0.15, 0.2) is 6.20 Å². The third kappa shape index (κ3) is 2.96. The highest BCUT2D eigenvalue weighted by molar-refractivity contribution is 5.40. The first-order valence-electron chi connectivity index (χ1n) is 5.83. The number of hydrazine groups is 1. The summed E-state index contributed by atoms with van der Waals surface area (Å²) in [5, 5.41) is 4.13. The van der Waals surface area contributed by atoms with Crippen LogP contribution in [-0.2, 0) is 7.05 Å². The van der Waals surface area contributed by atoms with Gasteiger partial charge >= 0.3 is 0 Å². The number of aryl methyl sites for hydroxylation is 1. The molecule has 0 aromatic carbocycles. The first kappa shape index (κ1) is 13.0. The highest BCUT2D eigenvalue weighted by atomic mass is 15.3. The highest BCUT2D eigenvalue weighted by Crippen LogP contribution is 2.26. The number of aromatic nitrogens is 2. The van der Waals surface area contributed by atoms with E-state index < -0.39 is 0 Å². The molecule has 0 bridgehead atoms. The molecule has 2 atom stereocenters. The van der Waals surface area contributed by atoms with Crippen molar-refractivity contribution in [3.63, 3.8) is 0 Å². The third-order valence-electron chi connectivity index (χ3n) is 3.01. The molecule has 92 valence electrons. The normalized spacial score (nSPS) is 15.0. The van der Waals surface area contributed by atoms with Crippen LogP contribution >= 0.6 is 0 Å². The fraction of sp³-hybridized carbons (Fsp3) is 0.727. The zero-order chi connectivity index (χ0) is 12.1. The van der Waals surface area contributed by atoms with Crippen LogP contribution in [0.5, 0.6) is 0 Å². The molecule has 0 radical (unpaired) electrons. The lowest BCUT2D eigenvalue weighted by atomic mass is 9.94. The molecule has 0 saturated heterocycles. The molecule has 1 aromatic rings. The van der Waals surface area contributed by atoms with Gasteiger partial charge in [0, 0.05) is 12.6 Å². The van der Waals surface area contributed by atoms with Crippen molar-refractivity contribution in [1.29, 1.82) is 0 Å². The predicted molar refractivity (Wildman–Crippen MR) is 66.4 cm³/mol. The van der Waals surface area contributed by atoms with Gasteiger partial charge in [-0.3, -0.25) is 16.0 Å². The van der Waals surface area contributed by atoms with E-state index >= 15 is 0 Å². The molecule has 0 fully saturated rings. The molecule has 1 aromatic heterocycles. The van der Waals surface area contributed by atoms with Crippen molar-refractivity contribution in [2.75, 3.05) is 5.73 Å². The Labute approximate surface area is 97.2 Å². The third-order valence-corrected chi connectivity index (χ3v) is 3.01. The van der Waals surface area contributed by atoms with Gasteiger partial charge in [-0.2, -0.15) is 5.10 Å². The Morgan fingerprint density at radius 1 is 1.56 bits per heavy atom. The van der Waals surface area contributed by atoms with Crippen LogP contribution < -0.4 is 17.0 Å². The smallest absolute Gasteiger partial charge is 0.126 e. The minimum absolute atomic E-state index is 0.0928. The van der Waals surface area contributed by atoms with Crippen LogP contribution in [0.4, 0.5) is 5.82 Å². The number of hydrogen-bond acceptors (Lipinski definition) is 4. The van der Waals surface area contributed by atoms with Crippen molar-refractivity contribution in [2.24, 2.45) is 18.8 Å². The molecule has 1 rings (SSSR count). The van der Waals surface area contributed by atoms with Gasteiger partial charge in [0.05, 0.1) is 12.2 Å². The number of rotatable bonds is 6. The minimum Gasteiger partial charge on any atom is -0.384 e. The molecule has 5 N–H and O–H groups in total. The fourth-order valence-electron chi connectivity index (χ4n) is 2.03. The minimum atomic E-state index is 0.0928. The van der Waals surface area contributed by atoms with Crippen molar-refractivity contribution < 1.29 is 0 Å². The molecule has 0 aliphatic rings. The van der Waals surface area contributed by atoms with Gasteiger partial charge in [0.15, 0.2) is 0 Å². The van der Waals surface area contributed by atoms with Gasteiger partial charge in [0.1, 0.15) is 5.82 Å². The summed E-state index contributed by atoms with van der Waals surface area (Å²) in [6.07, 6.45) is 5.18. The monoisotopic (exact) mass is 225 g/mol. The summed E-state index contributed by atoms with van der Waals surface area (Å²) in [5.41, 5.74) is 9.76. The summed E-state index contributed by atoms with van der Waals surface area (Å²) in [7, 11) is 1.84. The lowest BCUT2D eigenvalue weighted by Crippen LogP contribution is -2.29. The van der Waals surface area contributed by atoms with Crippen molar-refractivity contribution >= 4 is 5.82 Å². The fourth-order valence-corrected chi connectivity index (χ4v) is 2.03. The molecule has 0 spiro atoms. The van der Waals surface area contributed by atoms with Gasteiger partial charge in [0.25, 0.3) is 0 Å². The zero-order valence-electron chi connectivity index (χ0n) is 10.4. The lowest BCUT2D eigenvalue weighted by molar-refractivity contribution is 0.395. The maximum atomic E-state index is 5.93. The summed E-state index contributed by atoms with van der Waals surface area (Å²) >= 11 is 0. The van der Waals surface area contributed by atoms with E-state index in [4.69, 9.17) is 11.6 Å². The Kier molecular flexibility index (Phi) is 4.76. The van der Waals surface area contributed by atoms with Crippen molar-refractivity contribution in [3.8, 4) is 0 Å². The van der Waals surface area contributed by atoms with Gasteiger partial charge in [-0.15, -0.1) is 0 Å². The van der Waals surface area contributed by atoms with E-state index in [1.54, 1.807) is 10.9 Å². The Hall–Kier alpha value is -1.07. The molecule has 0 saturated carbocycles. The van der Waals surface area contributed by atoms with Crippen LogP contribution in [0, 0.1) is 5.92 Å². The molecule has 1 heterocycles. The van der Waals surface area contributed by atoms with Gasteiger partial charge < -0.3 is 5.73 Å². The average Bonchev–Trinajstić information content (AvgIpc) is 2.57. The standard InChI is InChI=1S/C11H23N5/c1-4-5-8(2)6-10(15-13)9-7-14-16(3)11(9)12/h7-8,10,15H,4-6,12-13H2,1-3H3. The second-order valence-corrected chi connectivity index (χ2v) is 4.46. The largest absolute Gasteiger partial charge is 0.384 e. The quantitative estimate of drug-likeness (QED) is 0.504. The van der Waals surface area contributed by atoms with Crippen molar-refractivity contribution in [1.82, 2.24) is 15.2 Å². The second kappa shape index (κ2) is 5.86. The van der Waals surface area contributed by atoms with Gasteiger partial charge in [-0.05, 0) is 12.3 Å². The van der Waals surface area contributed by atoms with Gasteiger partial charge in [-0.1, -0.05) is 26.7 Å². The van der Waals surface area contributed by atoms with E-state index in [0.717, 1.165) is 12.0 Å². The zero-order valence-corrected chi connectivity index (χ0v) is 10.4. The van der Waals surface area contributed by atoms with Crippen LogP contribution in [0.2, 0.25) is 0 Å². The first-order valence-corrected chi connectivity index (χ1v) is 5.83. The van der Waals surface area contributed by atoms with Crippen LogP contribution in [0.1, 0.15) is 44.7 Å². The van der Waals surface area contributed by atoms with Gasteiger partial charge in [0.2, 0.25) is 0 Å². The summed E-state index contributed by atoms with van der Waals surface area (Å²) in [6, 6.07) is 0.0928. The molecule has 0 amide bonds. The van der Waals surface area contributed by atoms with E-state index in [1.807, 2.05) is 7.05 Å². The summed E-state index contributed by atoms with van der Waals surface area (Å²) in [5.74, 6) is 6.90. The summed E-state index contributed by atoms with van der Waals surface area (Å²) in [6.45, 7) is 4.43. The number of nitrogens with two attached hydrogens (primary N) is 2. The lowest BCUT2D eigenvalue weighted by Gasteiger charge is -2.19. The molecular weight excluding hydrogens is 202 g/mol. The SMILES string of the molecule is CCCC(C)CC(NN)c1cnn(C)c1N. The molecule has 2 unspecified atom stereocenters. The Morgan fingerprint density at radius 2 is 2.25 bits per heavy atom. The first-order chi connectivity index (χ1) is 7.60. The predicted octanol–water partition coefficient (Wildman–Crippen LogP) is 1.33. The second-order valence-electron chi connectivity index (χ2n) is 4.46. The summed E-state index contributed by atoms with van der Waals surface area (Å²) < 4.78 is 1.67. The van der Waals surface area contributed by atoms with Crippen LogP contribution in [0.3, 0.4) is 0 Å². The number of nitrogens with zero attached hydrogens (tertiary/aromatic N) is 2. The summed E-state index contributed by atoms with van der Waals surface area (Å²) in [4.78, 5) is 0. The Bertz CT molecular complexity index is 320. The molecule has 5 heteroatoms. The maximum absolute atomic E-state index is 5.93. The topological polar surface area (TPSA) is 81.9 Å². The molecular formula is C11H23N5. The number of hydrogen-bond donors (Lipinski definition) is 3. The van der Waals surface area contributed by atoms with Crippen LogP contribution in [0.25, 0.3) is 0 Å². The van der Waals surface area contributed by atoms with Gasteiger partial charge in [-0.25, -0.2) is 0 Å². The molecule has 16 heavy (non-hydrogen) atoms. The van der Waals surface area contributed by atoms with E-state index in [1.165, 1.54) is 12.8 Å². The number of anilines is 1. The van der Waals surface area contributed by atoms with E-state index in [0.29, 0.717) is 11.7 Å². The van der Waals surface area contributed by atoms with E-state index in [-0.39, 0.29) is 6.04 Å². The highest BCUT2D eigenvalue weighted by Gasteiger charge is 2.18. The average molecular weight is 225 g/mol.